The molecule has 0 radical (unpaired) electrons. The summed E-state index contributed by atoms with van der Waals surface area (Å²) in [6.45, 7) is 3.62. The van der Waals surface area contributed by atoms with Crippen molar-refractivity contribution in [2.24, 2.45) is 5.92 Å². The average molecular weight is 350 g/mol. The molecule has 1 aliphatic heterocycles. The van der Waals surface area contributed by atoms with E-state index in [0.29, 0.717) is 17.1 Å². The Morgan fingerprint density at radius 1 is 1.57 bits per heavy atom. The second-order valence-electron chi connectivity index (χ2n) is 5.10. The molecule has 23 heavy (non-hydrogen) atoms. The van der Waals surface area contributed by atoms with Crippen LogP contribution in [0.5, 0.6) is 0 Å². The van der Waals surface area contributed by atoms with Gasteiger partial charge in [0.1, 0.15) is 10.1 Å². The van der Waals surface area contributed by atoms with Crippen LogP contribution in [0.25, 0.3) is 6.08 Å². The molecule has 2 heterocycles. The van der Waals surface area contributed by atoms with Gasteiger partial charge in [0.2, 0.25) is 0 Å². The summed E-state index contributed by atoms with van der Waals surface area (Å²) in [5.41, 5.74) is 0. The minimum Gasteiger partial charge on any atom is -0.548 e. The molecule has 1 aliphatic rings. The zero-order chi connectivity index (χ0) is 17.0. The van der Waals surface area contributed by atoms with Gasteiger partial charge in [0, 0.05) is 0 Å². The molecule has 2 atom stereocenters. The van der Waals surface area contributed by atoms with Gasteiger partial charge >= 0.3 is 0 Å². The predicted octanol–water partition coefficient (Wildman–Crippen LogP) is 2.20. The van der Waals surface area contributed by atoms with Crippen molar-refractivity contribution in [1.82, 2.24) is 4.90 Å². The van der Waals surface area contributed by atoms with Crippen LogP contribution in [0.15, 0.2) is 39.9 Å². The number of allylic oxidation sites excluding steroid dienone is 2. The Morgan fingerprint density at radius 2 is 2.30 bits per heavy atom. The fourth-order valence-corrected chi connectivity index (χ4v) is 3.45. The van der Waals surface area contributed by atoms with Gasteiger partial charge in [0.05, 0.1) is 23.2 Å². The van der Waals surface area contributed by atoms with E-state index >= 15 is 0 Å². The molecule has 1 saturated heterocycles. The maximum absolute atomic E-state index is 12.5. The molecular weight excluding hydrogens is 334 g/mol. The molecule has 0 unspecified atom stereocenters. The topological polar surface area (TPSA) is 73.6 Å². The largest absolute Gasteiger partial charge is 0.548 e. The van der Waals surface area contributed by atoms with Crippen LogP contribution in [0, 0.1) is 5.92 Å². The van der Waals surface area contributed by atoms with E-state index in [1.54, 1.807) is 43.5 Å². The van der Waals surface area contributed by atoms with E-state index in [2.05, 4.69) is 0 Å². The Bertz CT molecular complexity index is 664. The SMILES string of the molecule is CC[C@@H](C)[C@H](C(=O)[O-])N1C(=O)/C(=C/C=C/c2ccco2)SC1=S. The molecule has 0 bridgehead atoms. The smallest absolute Gasteiger partial charge is 0.266 e. The number of thioether (sulfide) groups is 1. The lowest BCUT2D eigenvalue weighted by molar-refractivity contribution is -0.311. The molecule has 0 aliphatic carbocycles. The van der Waals surface area contributed by atoms with Gasteiger partial charge in [-0.2, -0.15) is 0 Å². The molecule has 0 aromatic carbocycles. The van der Waals surface area contributed by atoms with E-state index in [-0.39, 0.29) is 10.2 Å². The molecule has 2 rings (SSSR count). The first-order valence-electron chi connectivity index (χ1n) is 7.13. The summed E-state index contributed by atoms with van der Waals surface area (Å²) in [6.07, 6.45) is 7.13. The minimum atomic E-state index is -1.29. The van der Waals surface area contributed by atoms with Gasteiger partial charge in [0.25, 0.3) is 5.91 Å². The number of hydrogen-bond donors (Lipinski definition) is 0. The number of rotatable bonds is 6. The number of carboxylic acid groups (broad SMARTS) is 1. The number of carbonyl (C=O) groups excluding carboxylic acids is 2. The molecule has 0 N–H and O–H groups in total. The van der Waals surface area contributed by atoms with E-state index in [1.165, 1.54) is 0 Å². The van der Waals surface area contributed by atoms with Crippen LogP contribution in [0.3, 0.4) is 0 Å². The Morgan fingerprint density at radius 3 is 2.87 bits per heavy atom. The van der Waals surface area contributed by atoms with Crippen LogP contribution in [0.1, 0.15) is 26.0 Å². The van der Waals surface area contributed by atoms with Crippen LogP contribution in [0.2, 0.25) is 0 Å². The van der Waals surface area contributed by atoms with E-state index in [0.717, 1.165) is 16.7 Å². The number of hydrogen-bond acceptors (Lipinski definition) is 6. The number of furan rings is 1. The fourth-order valence-electron chi connectivity index (χ4n) is 2.17. The summed E-state index contributed by atoms with van der Waals surface area (Å²) in [5.74, 6) is -1.29. The molecule has 1 amide bonds. The predicted molar refractivity (Wildman–Crippen MR) is 91.1 cm³/mol. The highest BCUT2D eigenvalue weighted by atomic mass is 32.2. The van der Waals surface area contributed by atoms with Crippen molar-refractivity contribution < 1.29 is 19.1 Å². The number of carboxylic acids is 1. The first kappa shape index (κ1) is 17.5. The molecule has 0 spiro atoms. The lowest BCUT2D eigenvalue weighted by Crippen LogP contribution is -2.53. The van der Waals surface area contributed by atoms with E-state index in [9.17, 15) is 14.7 Å². The molecular formula is C16H16NO4S2-. The maximum Gasteiger partial charge on any atom is 0.266 e. The Labute approximate surface area is 144 Å². The van der Waals surface area contributed by atoms with E-state index in [1.807, 2.05) is 6.92 Å². The van der Waals surface area contributed by atoms with Crippen molar-refractivity contribution in [1.29, 1.82) is 0 Å². The highest BCUT2D eigenvalue weighted by Crippen LogP contribution is 2.34. The monoisotopic (exact) mass is 350 g/mol. The average Bonchev–Trinajstić information content (AvgIpc) is 3.11. The molecule has 1 fully saturated rings. The number of amides is 1. The van der Waals surface area contributed by atoms with Crippen molar-refractivity contribution >= 4 is 46.3 Å². The van der Waals surface area contributed by atoms with Crippen molar-refractivity contribution in [2.75, 3.05) is 0 Å². The van der Waals surface area contributed by atoms with Crippen molar-refractivity contribution in [2.45, 2.75) is 26.3 Å². The maximum atomic E-state index is 12.5. The van der Waals surface area contributed by atoms with Gasteiger partial charge in [0.15, 0.2) is 0 Å². The minimum absolute atomic E-state index is 0.238. The normalized spacial score (nSPS) is 19.7. The second kappa shape index (κ2) is 7.61. The number of aliphatic carboxylic acids is 1. The van der Waals surface area contributed by atoms with Crippen LogP contribution < -0.4 is 5.11 Å². The quantitative estimate of drug-likeness (QED) is 0.578. The van der Waals surface area contributed by atoms with Gasteiger partial charge in [-0.1, -0.05) is 50.3 Å². The molecule has 5 nitrogen and oxygen atoms in total. The summed E-state index contributed by atoms with van der Waals surface area (Å²) < 4.78 is 5.39. The van der Waals surface area contributed by atoms with E-state index in [4.69, 9.17) is 16.6 Å². The molecule has 1 aromatic rings. The summed E-state index contributed by atoms with van der Waals surface area (Å²) in [7, 11) is 0. The van der Waals surface area contributed by atoms with Crippen LogP contribution >= 0.6 is 24.0 Å². The molecule has 1 aromatic heterocycles. The van der Waals surface area contributed by atoms with E-state index < -0.39 is 17.9 Å². The number of carbonyl (C=O) groups is 2. The van der Waals surface area contributed by atoms with Gasteiger partial charge in [-0.05, 0) is 30.2 Å². The lowest BCUT2D eigenvalue weighted by Gasteiger charge is -2.32. The fraction of sp³-hybridized carbons (Fsp3) is 0.312. The standard InChI is InChI=1S/C16H17NO4S2/c1-3-10(2)13(15(19)20)17-14(18)12(23-16(17)22)8-4-6-11-7-5-9-21-11/h4-10,13H,3H2,1-2H3,(H,19,20)/p-1/b6-4+,12-8-/t10-,13-/m1/s1. The third kappa shape index (κ3) is 3.92. The summed E-state index contributed by atoms with van der Waals surface area (Å²) in [5, 5.41) is 11.4. The zero-order valence-electron chi connectivity index (χ0n) is 12.7. The van der Waals surface area contributed by atoms with Crippen LogP contribution in [0.4, 0.5) is 0 Å². The van der Waals surface area contributed by atoms with Crippen LogP contribution in [-0.4, -0.2) is 27.1 Å². The molecule has 7 heteroatoms. The summed E-state index contributed by atoms with van der Waals surface area (Å²) in [6, 6.07) is 2.49. The Kier molecular flexibility index (Phi) is 5.79. The molecule has 122 valence electrons. The Balaban J connectivity index is 2.20. The summed E-state index contributed by atoms with van der Waals surface area (Å²) in [4.78, 5) is 25.4. The third-order valence-corrected chi connectivity index (χ3v) is 4.93. The second-order valence-corrected chi connectivity index (χ2v) is 6.77. The Hall–Kier alpha value is -1.86. The van der Waals surface area contributed by atoms with Crippen molar-refractivity contribution in [3.63, 3.8) is 0 Å². The molecule has 0 saturated carbocycles. The number of nitrogens with zero attached hydrogens (tertiary/aromatic N) is 1. The van der Waals surface area contributed by atoms with Gasteiger partial charge in [-0.15, -0.1) is 0 Å². The van der Waals surface area contributed by atoms with Gasteiger partial charge < -0.3 is 14.3 Å². The highest BCUT2D eigenvalue weighted by Gasteiger charge is 2.39. The lowest BCUT2D eigenvalue weighted by atomic mass is 9.98. The number of thiocarbonyl (C=S) groups is 1. The van der Waals surface area contributed by atoms with Crippen molar-refractivity contribution in [3.8, 4) is 0 Å². The zero-order valence-corrected chi connectivity index (χ0v) is 14.4. The highest BCUT2D eigenvalue weighted by molar-refractivity contribution is 8.26. The first-order valence-corrected chi connectivity index (χ1v) is 8.36. The third-order valence-electron chi connectivity index (χ3n) is 3.58. The van der Waals surface area contributed by atoms with Gasteiger partial charge in [-0.25, -0.2) is 0 Å². The summed E-state index contributed by atoms with van der Waals surface area (Å²) >= 11 is 6.27. The van der Waals surface area contributed by atoms with Crippen LogP contribution in [-0.2, 0) is 9.59 Å². The van der Waals surface area contributed by atoms with Crippen molar-refractivity contribution in [3.05, 3.63) is 41.2 Å². The first-order chi connectivity index (χ1) is 11.0. The van der Waals surface area contributed by atoms with Gasteiger partial charge in [-0.3, -0.25) is 9.69 Å².